The van der Waals surface area contributed by atoms with Gasteiger partial charge in [-0.25, -0.2) is 0 Å². The first-order valence-corrected chi connectivity index (χ1v) is 2.91. The topological polar surface area (TPSA) is 41.1 Å². The molecule has 52 valence electrons. The summed E-state index contributed by atoms with van der Waals surface area (Å²) >= 11 is 0. The van der Waals surface area contributed by atoms with Gasteiger partial charge in [0, 0.05) is 0 Å². The summed E-state index contributed by atoms with van der Waals surface area (Å²) in [7, 11) is 0. The second-order valence-electron chi connectivity index (χ2n) is 1.65. The van der Waals surface area contributed by atoms with E-state index in [-0.39, 0.29) is 0 Å². The lowest BCUT2D eigenvalue weighted by atomic mass is 10.5. The van der Waals surface area contributed by atoms with Gasteiger partial charge < -0.3 is 0 Å². The van der Waals surface area contributed by atoms with E-state index in [1.165, 1.54) is 0 Å². The average molecular weight is 136 g/mol. The van der Waals surface area contributed by atoms with Gasteiger partial charge in [-0.15, -0.1) is 18.4 Å². The lowest BCUT2D eigenvalue weighted by Gasteiger charge is -1.96. The van der Waals surface area contributed by atoms with Crippen molar-refractivity contribution in [3.8, 4) is 6.19 Å². The monoisotopic (exact) mass is 136 g/mol. The lowest BCUT2D eigenvalue weighted by molar-refractivity contribution is 0.274. The molecule has 0 aliphatic rings. The normalized spacial score (nSPS) is 8.80. The molecule has 0 aliphatic carbocycles. The molecule has 0 aliphatic heterocycles. The zero-order valence-corrected chi connectivity index (χ0v) is 5.82. The van der Waals surface area contributed by atoms with E-state index in [1.807, 2.05) is 0 Å². The second-order valence-corrected chi connectivity index (χ2v) is 1.65. The van der Waals surface area contributed by atoms with E-state index in [0.29, 0.717) is 13.1 Å². The molecular weight excluding hydrogens is 126 g/mol. The van der Waals surface area contributed by atoms with Gasteiger partial charge in [0.05, 0.1) is 13.1 Å². The standard InChI is InChI=1S/C7H10N3/c1-3-5-10(6-4-2)9-7-8/h3-4H,1-2,5-6H2/q+1. The fourth-order valence-corrected chi connectivity index (χ4v) is 0.517. The SMILES string of the molecule is C=CCN(CC=C)[N+]C#N. The van der Waals surface area contributed by atoms with E-state index < -0.39 is 0 Å². The summed E-state index contributed by atoms with van der Waals surface area (Å²) in [5, 5.41) is 9.73. The van der Waals surface area contributed by atoms with Gasteiger partial charge in [-0.1, -0.05) is 12.2 Å². The second kappa shape index (κ2) is 6.02. The Morgan fingerprint density at radius 3 is 2.20 bits per heavy atom. The maximum atomic E-state index is 8.16. The maximum Gasteiger partial charge on any atom is 0.464 e. The van der Waals surface area contributed by atoms with E-state index >= 15 is 0 Å². The molecule has 0 N–H and O–H groups in total. The van der Waals surface area contributed by atoms with E-state index in [2.05, 4.69) is 18.6 Å². The van der Waals surface area contributed by atoms with Crippen LogP contribution in [0.25, 0.3) is 0 Å². The van der Waals surface area contributed by atoms with Crippen molar-refractivity contribution in [2.45, 2.75) is 0 Å². The third kappa shape index (κ3) is 3.84. The Balaban J connectivity index is 3.61. The Hall–Kier alpha value is -1.11. The molecule has 0 bridgehead atoms. The van der Waals surface area contributed by atoms with Crippen LogP contribution in [-0.2, 0) is 0 Å². The zero-order valence-electron chi connectivity index (χ0n) is 5.82. The van der Waals surface area contributed by atoms with Crippen molar-refractivity contribution in [2.75, 3.05) is 13.1 Å². The Kier molecular flexibility index (Phi) is 5.35. The summed E-state index contributed by atoms with van der Waals surface area (Å²) in [5.41, 5.74) is 3.50. The first-order chi connectivity index (χ1) is 4.85. The summed E-state index contributed by atoms with van der Waals surface area (Å²) in [6, 6.07) is 0. The van der Waals surface area contributed by atoms with Crippen LogP contribution in [0.5, 0.6) is 0 Å². The molecule has 0 amide bonds. The number of nitriles is 1. The fourth-order valence-electron chi connectivity index (χ4n) is 0.517. The van der Waals surface area contributed by atoms with Crippen LogP contribution in [0, 0.1) is 11.5 Å². The van der Waals surface area contributed by atoms with Crippen LogP contribution >= 0.6 is 0 Å². The number of rotatable bonds is 5. The zero-order chi connectivity index (χ0) is 7.82. The Bertz CT molecular complexity index is 135. The highest BCUT2D eigenvalue weighted by molar-refractivity contribution is 4.79. The van der Waals surface area contributed by atoms with Gasteiger partial charge >= 0.3 is 11.6 Å². The van der Waals surface area contributed by atoms with Crippen LogP contribution in [0.3, 0.4) is 0 Å². The lowest BCUT2D eigenvalue weighted by Crippen LogP contribution is -2.29. The van der Waals surface area contributed by atoms with Crippen molar-refractivity contribution >= 4 is 0 Å². The Labute approximate surface area is 61.2 Å². The maximum absolute atomic E-state index is 8.16. The van der Waals surface area contributed by atoms with Crippen LogP contribution in [-0.4, -0.2) is 18.1 Å². The number of hydrogen-bond donors (Lipinski definition) is 0. The molecule has 0 rings (SSSR count). The van der Waals surface area contributed by atoms with Crippen LogP contribution in [0.1, 0.15) is 0 Å². The van der Waals surface area contributed by atoms with E-state index in [9.17, 15) is 0 Å². The highest BCUT2D eigenvalue weighted by atomic mass is 15.5. The number of hydrogen-bond acceptors (Lipinski definition) is 2. The van der Waals surface area contributed by atoms with Crippen LogP contribution < -0.4 is 5.43 Å². The largest absolute Gasteiger partial charge is 0.464 e. The summed E-state index contributed by atoms with van der Waals surface area (Å²) in [5.74, 6) is 0. The Morgan fingerprint density at radius 1 is 1.40 bits per heavy atom. The van der Waals surface area contributed by atoms with E-state index in [4.69, 9.17) is 5.26 Å². The molecule has 0 atom stereocenters. The molecule has 0 unspecified atom stereocenters. The third-order valence-electron chi connectivity index (χ3n) is 0.866. The van der Waals surface area contributed by atoms with Gasteiger partial charge in [-0.05, 0) is 5.01 Å². The van der Waals surface area contributed by atoms with Crippen molar-refractivity contribution < 1.29 is 0 Å². The first-order valence-electron chi connectivity index (χ1n) is 2.91. The summed E-state index contributed by atoms with van der Waals surface area (Å²) in [6.45, 7) is 8.21. The molecule has 3 nitrogen and oxygen atoms in total. The molecule has 0 aromatic carbocycles. The molecule has 0 aromatic rings. The minimum atomic E-state index is 0.583. The van der Waals surface area contributed by atoms with E-state index in [1.54, 1.807) is 23.4 Å². The van der Waals surface area contributed by atoms with Gasteiger partial charge in [0.25, 0.3) is 0 Å². The molecule has 2 radical (unpaired) electrons. The summed E-state index contributed by atoms with van der Waals surface area (Å²) < 4.78 is 0. The van der Waals surface area contributed by atoms with Crippen molar-refractivity contribution in [3.63, 3.8) is 0 Å². The van der Waals surface area contributed by atoms with Gasteiger partial charge in [0.2, 0.25) is 0 Å². The molecule has 0 saturated carbocycles. The first kappa shape index (κ1) is 8.89. The van der Waals surface area contributed by atoms with Crippen LogP contribution in [0.2, 0.25) is 0 Å². The molecule has 10 heavy (non-hydrogen) atoms. The molecule has 0 heterocycles. The highest BCUT2D eigenvalue weighted by Gasteiger charge is 2.14. The molecule has 0 spiro atoms. The smallest absolute Gasteiger partial charge is 0.116 e. The predicted octanol–water partition coefficient (Wildman–Crippen LogP) is 0.661. The molecule has 0 saturated heterocycles. The summed E-state index contributed by atoms with van der Waals surface area (Å²) in [4.78, 5) is 0. The van der Waals surface area contributed by atoms with Crippen molar-refractivity contribution in [3.05, 3.63) is 25.3 Å². The minimum Gasteiger partial charge on any atom is -0.116 e. The van der Waals surface area contributed by atoms with Gasteiger partial charge in [0.1, 0.15) is 0 Å². The van der Waals surface area contributed by atoms with Gasteiger partial charge in [-0.3, -0.25) is 0 Å². The molecular formula is C7H10N3+. The fraction of sp³-hybridized carbons (Fsp3) is 0.286. The van der Waals surface area contributed by atoms with Gasteiger partial charge in [0.15, 0.2) is 0 Å². The quantitative estimate of drug-likeness (QED) is 0.316. The summed E-state index contributed by atoms with van der Waals surface area (Å²) in [6.07, 6.45) is 5.06. The average Bonchev–Trinajstić information content (AvgIpc) is 1.90. The number of nitrogens with zero attached hydrogens (tertiary/aromatic N) is 3. The van der Waals surface area contributed by atoms with Crippen LogP contribution in [0.4, 0.5) is 0 Å². The van der Waals surface area contributed by atoms with Crippen LogP contribution in [0.15, 0.2) is 25.3 Å². The van der Waals surface area contributed by atoms with E-state index in [0.717, 1.165) is 0 Å². The van der Waals surface area contributed by atoms with Crippen molar-refractivity contribution in [2.24, 2.45) is 0 Å². The Morgan fingerprint density at radius 2 is 1.90 bits per heavy atom. The molecule has 3 heteroatoms. The van der Waals surface area contributed by atoms with Crippen molar-refractivity contribution in [1.29, 1.82) is 5.26 Å². The minimum absolute atomic E-state index is 0.583. The molecule has 0 fully saturated rings. The molecule has 0 aromatic heterocycles. The van der Waals surface area contributed by atoms with Gasteiger partial charge in [-0.2, -0.15) is 0 Å². The highest BCUT2D eigenvalue weighted by Crippen LogP contribution is 1.83. The third-order valence-corrected chi connectivity index (χ3v) is 0.866. The predicted molar refractivity (Wildman–Crippen MR) is 39.7 cm³/mol. The van der Waals surface area contributed by atoms with Crippen molar-refractivity contribution in [1.82, 2.24) is 10.4 Å².